The Bertz CT molecular complexity index is 672. The summed E-state index contributed by atoms with van der Waals surface area (Å²) in [5.74, 6) is -2.14. The summed E-state index contributed by atoms with van der Waals surface area (Å²) in [6.07, 6.45) is 2.71. The summed E-state index contributed by atoms with van der Waals surface area (Å²) in [7, 11) is 4.33. The van der Waals surface area contributed by atoms with Crippen molar-refractivity contribution in [3.63, 3.8) is 0 Å². The number of likely N-dealkylation sites (tertiary alicyclic amines) is 1. The molecular formula is C17H22N2O5. The maximum absolute atomic E-state index is 9.65. The van der Waals surface area contributed by atoms with Crippen LogP contribution in [0.3, 0.4) is 0 Å². The molecule has 130 valence electrons. The second kappa shape index (κ2) is 6.52. The zero-order chi connectivity index (χ0) is 18.1. The molecule has 0 spiro atoms. The number of carbonyl (C=O) groups is 2. The highest BCUT2D eigenvalue weighted by Gasteiger charge is 2.52. The summed E-state index contributed by atoms with van der Waals surface area (Å²) >= 11 is 0. The van der Waals surface area contributed by atoms with Gasteiger partial charge in [-0.1, -0.05) is 6.92 Å². The first-order valence-electron chi connectivity index (χ1n) is 7.57. The summed E-state index contributed by atoms with van der Waals surface area (Å²) in [5.41, 5.74) is 2.72. The van der Waals surface area contributed by atoms with E-state index in [1.807, 2.05) is 12.1 Å². The number of aromatic hydroxyl groups is 1. The SMILES string of the molecule is CN1CCC2(C)c3cc(O)ccc3N(C)C12.O=C(O)C=CC(=O)O. The van der Waals surface area contributed by atoms with Crippen LogP contribution in [0.25, 0.3) is 0 Å². The molecule has 7 nitrogen and oxygen atoms in total. The Morgan fingerprint density at radius 1 is 1.21 bits per heavy atom. The van der Waals surface area contributed by atoms with Gasteiger partial charge in [-0.25, -0.2) is 9.59 Å². The van der Waals surface area contributed by atoms with Crippen LogP contribution in [0.4, 0.5) is 5.69 Å². The van der Waals surface area contributed by atoms with Crippen LogP contribution in [0, 0.1) is 0 Å². The van der Waals surface area contributed by atoms with Gasteiger partial charge in [-0.2, -0.15) is 0 Å². The molecule has 1 fully saturated rings. The molecule has 0 bridgehead atoms. The highest BCUT2D eigenvalue weighted by molar-refractivity contribution is 5.89. The van der Waals surface area contributed by atoms with Gasteiger partial charge in [0.2, 0.25) is 0 Å². The zero-order valence-electron chi connectivity index (χ0n) is 13.9. The number of carboxylic acid groups (broad SMARTS) is 2. The molecule has 3 rings (SSSR count). The van der Waals surface area contributed by atoms with Crippen molar-refractivity contribution in [1.29, 1.82) is 0 Å². The van der Waals surface area contributed by atoms with Crippen molar-refractivity contribution in [3.8, 4) is 5.75 Å². The van der Waals surface area contributed by atoms with Crippen LogP contribution >= 0.6 is 0 Å². The normalized spacial score (nSPS) is 25.1. The summed E-state index contributed by atoms with van der Waals surface area (Å²) < 4.78 is 0. The van der Waals surface area contributed by atoms with E-state index in [2.05, 4.69) is 30.8 Å². The monoisotopic (exact) mass is 334 g/mol. The van der Waals surface area contributed by atoms with Gasteiger partial charge in [-0.3, -0.25) is 4.90 Å². The highest BCUT2D eigenvalue weighted by Crippen LogP contribution is 2.51. The number of carboxylic acids is 2. The quantitative estimate of drug-likeness (QED) is 0.704. The number of hydrogen-bond acceptors (Lipinski definition) is 5. The van der Waals surface area contributed by atoms with Crippen molar-refractivity contribution in [2.75, 3.05) is 25.5 Å². The van der Waals surface area contributed by atoms with E-state index in [9.17, 15) is 14.7 Å². The summed E-state index contributed by atoms with van der Waals surface area (Å²) in [6, 6.07) is 5.74. The van der Waals surface area contributed by atoms with Crippen molar-refractivity contribution in [2.24, 2.45) is 0 Å². The van der Waals surface area contributed by atoms with Crippen LogP contribution in [0.15, 0.2) is 30.4 Å². The van der Waals surface area contributed by atoms with Crippen molar-refractivity contribution in [3.05, 3.63) is 35.9 Å². The lowest BCUT2D eigenvalue weighted by atomic mass is 9.81. The fraction of sp³-hybridized carbons (Fsp3) is 0.412. The number of rotatable bonds is 2. The average Bonchev–Trinajstić information content (AvgIpc) is 2.92. The second-order valence-corrected chi connectivity index (χ2v) is 6.34. The van der Waals surface area contributed by atoms with Crippen LogP contribution in [-0.4, -0.2) is 59.0 Å². The molecule has 2 aliphatic heterocycles. The number of aliphatic carboxylic acids is 2. The number of likely N-dealkylation sites (N-methyl/N-ethyl adjacent to an activating group) is 2. The minimum atomic E-state index is -1.26. The lowest BCUT2D eigenvalue weighted by molar-refractivity contribution is -0.134. The van der Waals surface area contributed by atoms with E-state index < -0.39 is 11.9 Å². The van der Waals surface area contributed by atoms with E-state index in [0.29, 0.717) is 24.1 Å². The Hall–Kier alpha value is -2.54. The van der Waals surface area contributed by atoms with Crippen LogP contribution in [0.2, 0.25) is 0 Å². The molecule has 1 saturated heterocycles. The van der Waals surface area contributed by atoms with E-state index in [1.165, 1.54) is 11.3 Å². The molecule has 0 amide bonds. The lowest BCUT2D eigenvalue weighted by Gasteiger charge is -2.32. The van der Waals surface area contributed by atoms with Gasteiger partial charge in [0.25, 0.3) is 0 Å². The third-order valence-corrected chi connectivity index (χ3v) is 4.68. The van der Waals surface area contributed by atoms with Crippen LogP contribution in [0.5, 0.6) is 5.75 Å². The van der Waals surface area contributed by atoms with Gasteiger partial charge in [0.05, 0.1) is 6.17 Å². The summed E-state index contributed by atoms with van der Waals surface area (Å²) in [5, 5.41) is 25.3. The Morgan fingerprint density at radius 2 is 1.79 bits per heavy atom. The topological polar surface area (TPSA) is 101 Å². The Labute approximate surface area is 140 Å². The smallest absolute Gasteiger partial charge is 0.328 e. The largest absolute Gasteiger partial charge is 0.508 e. The Kier molecular flexibility index (Phi) is 4.84. The van der Waals surface area contributed by atoms with E-state index in [-0.39, 0.29) is 5.41 Å². The van der Waals surface area contributed by atoms with E-state index in [1.54, 1.807) is 6.07 Å². The molecule has 0 aromatic heterocycles. The Balaban J connectivity index is 0.000000224. The average molecular weight is 334 g/mol. The molecule has 24 heavy (non-hydrogen) atoms. The zero-order valence-corrected chi connectivity index (χ0v) is 13.9. The molecule has 2 heterocycles. The predicted molar refractivity (Wildman–Crippen MR) is 89.3 cm³/mol. The first kappa shape index (κ1) is 17.8. The van der Waals surface area contributed by atoms with Crippen LogP contribution in [0.1, 0.15) is 18.9 Å². The van der Waals surface area contributed by atoms with E-state index in [4.69, 9.17) is 10.2 Å². The molecule has 1 aromatic rings. The number of nitrogens with zero attached hydrogens (tertiary/aromatic N) is 2. The molecule has 0 aliphatic carbocycles. The molecule has 0 saturated carbocycles. The third kappa shape index (κ3) is 3.21. The molecule has 2 aliphatic rings. The van der Waals surface area contributed by atoms with E-state index >= 15 is 0 Å². The number of anilines is 1. The van der Waals surface area contributed by atoms with Crippen LogP contribution in [-0.2, 0) is 15.0 Å². The molecular weight excluding hydrogens is 312 g/mol. The van der Waals surface area contributed by atoms with Gasteiger partial charge in [-0.15, -0.1) is 0 Å². The van der Waals surface area contributed by atoms with Crippen LogP contribution < -0.4 is 4.90 Å². The predicted octanol–water partition coefficient (Wildman–Crippen LogP) is 1.47. The van der Waals surface area contributed by atoms with Gasteiger partial charge in [-0.05, 0) is 37.2 Å². The highest BCUT2D eigenvalue weighted by atomic mass is 16.4. The van der Waals surface area contributed by atoms with E-state index in [0.717, 1.165) is 13.0 Å². The Morgan fingerprint density at radius 3 is 2.33 bits per heavy atom. The molecule has 2 unspecified atom stereocenters. The van der Waals surface area contributed by atoms with Crippen molar-refractivity contribution in [2.45, 2.75) is 24.9 Å². The summed E-state index contributed by atoms with van der Waals surface area (Å²) in [4.78, 5) is 23.8. The fourth-order valence-electron chi connectivity index (χ4n) is 3.71. The minimum absolute atomic E-state index is 0.164. The molecule has 1 aromatic carbocycles. The third-order valence-electron chi connectivity index (χ3n) is 4.68. The van der Waals surface area contributed by atoms with Crippen molar-refractivity contribution in [1.82, 2.24) is 4.90 Å². The van der Waals surface area contributed by atoms with Gasteiger partial charge >= 0.3 is 11.9 Å². The molecule has 7 heteroatoms. The molecule has 3 N–H and O–H groups in total. The van der Waals surface area contributed by atoms with Crippen molar-refractivity contribution >= 4 is 17.6 Å². The fourth-order valence-corrected chi connectivity index (χ4v) is 3.71. The van der Waals surface area contributed by atoms with Gasteiger partial charge in [0.15, 0.2) is 0 Å². The molecule has 2 atom stereocenters. The maximum atomic E-state index is 9.65. The molecule has 0 radical (unpaired) electrons. The standard InChI is InChI=1S/C13H18N2O.C4H4O4/c1-13-6-7-14(2)12(13)15(3)11-5-4-9(16)8-10(11)13;5-3(6)1-2-4(7)8/h4-5,8,12,16H,6-7H2,1-3H3;1-2H,(H,5,6)(H,7,8). The maximum Gasteiger partial charge on any atom is 0.328 e. The number of phenolic OH excluding ortho intramolecular Hbond substituents is 1. The first-order chi connectivity index (χ1) is 11.2. The lowest BCUT2D eigenvalue weighted by Crippen LogP contribution is -2.45. The van der Waals surface area contributed by atoms with Crippen molar-refractivity contribution < 1.29 is 24.9 Å². The number of hydrogen-bond donors (Lipinski definition) is 3. The number of fused-ring (bicyclic) bond motifs is 3. The first-order valence-corrected chi connectivity index (χ1v) is 7.57. The van der Waals surface area contributed by atoms with Gasteiger partial charge in [0.1, 0.15) is 5.75 Å². The van der Waals surface area contributed by atoms with Gasteiger partial charge in [0, 0.05) is 36.8 Å². The second-order valence-electron chi connectivity index (χ2n) is 6.34. The summed E-state index contributed by atoms with van der Waals surface area (Å²) in [6.45, 7) is 3.43. The van der Waals surface area contributed by atoms with Gasteiger partial charge < -0.3 is 20.2 Å². The number of phenols is 1. The number of benzene rings is 1. The minimum Gasteiger partial charge on any atom is -0.508 e.